The largest absolute Gasteiger partial charge is 0.496 e. The molecular formula is C22H36N6O7S. The van der Waals surface area contributed by atoms with Crippen molar-refractivity contribution in [3.63, 3.8) is 0 Å². The predicted octanol–water partition coefficient (Wildman–Crippen LogP) is -0.992. The van der Waals surface area contributed by atoms with Crippen LogP contribution in [-0.4, -0.2) is 92.9 Å². The number of amides is 3. The topological polar surface area (TPSA) is 197 Å². The summed E-state index contributed by atoms with van der Waals surface area (Å²) >= 11 is 0. The molecule has 0 spiro atoms. The minimum absolute atomic E-state index is 0.0333. The maximum Gasteiger partial charge on any atom is 0.407 e. The fourth-order valence-corrected chi connectivity index (χ4v) is 4.42. The highest BCUT2D eigenvalue weighted by atomic mass is 32.2. The van der Waals surface area contributed by atoms with Crippen LogP contribution in [-0.2, 0) is 32.7 Å². The van der Waals surface area contributed by atoms with Crippen LogP contribution >= 0.6 is 0 Å². The first-order valence-corrected chi connectivity index (χ1v) is 13.5. The lowest BCUT2D eigenvalue weighted by Crippen LogP contribution is -2.63. The maximum absolute atomic E-state index is 13.1. The number of unbranched alkanes of at least 4 members (excludes halogenated alkanes) is 1. The molecular weight excluding hydrogens is 492 g/mol. The van der Waals surface area contributed by atoms with Crippen LogP contribution in [0.3, 0.4) is 0 Å². The summed E-state index contributed by atoms with van der Waals surface area (Å²) in [6.07, 6.45) is 1.19. The lowest BCUT2D eigenvalue weighted by molar-refractivity contribution is -0.144. The van der Waals surface area contributed by atoms with Crippen LogP contribution in [0.15, 0.2) is 18.2 Å². The van der Waals surface area contributed by atoms with Gasteiger partial charge in [0.15, 0.2) is 0 Å². The molecule has 0 bridgehead atoms. The molecule has 0 aliphatic carbocycles. The van der Waals surface area contributed by atoms with Gasteiger partial charge in [-0.2, -0.15) is 0 Å². The molecule has 1 aromatic carbocycles. The summed E-state index contributed by atoms with van der Waals surface area (Å²) in [7, 11) is -1.76. The van der Waals surface area contributed by atoms with E-state index in [2.05, 4.69) is 10.0 Å². The summed E-state index contributed by atoms with van der Waals surface area (Å²) in [5.74, 6) is -0.362. The van der Waals surface area contributed by atoms with Crippen LogP contribution in [0.1, 0.15) is 30.4 Å². The van der Waals surface area contributed by atoms with Crippen LogP contribution in [0.25, 0.3) is 0 Å². The van der Waals surface area contributed by atoms with E-state index in [1.165, 1.54) is 12.0 Å². The number of carbonyl (C=O) groups excluding carboxylic acids is 2. The van der Waals surface area contributed by atoms with Crippen molar-refractivity contribution in [3.05, 3.63) is 29.3 Å². The number of hydrogen-bond acceptors (Lipinski definition) is 8. The maximum atomic E-state index is 13.1. The number of benzene rings is 1. The Kier molecular flexibility index (Phi) is 10.9. The van der Waals surface area contributed by atoms with Crippen LogP contribution in [0.4, 0.5) is 4.79 Å². The van der Waals surface area contributed by atoms with Gasteiger partial charge in [-0.05, 0) is 24.5 Å². The average molecular weight is 529 g/mol. The van der Waals surface area contributed by atoms with E-state index in [1.807, 2.05) is 0 Å². The fraction of sp³-hybridized carbons (Fsp3) is 0.591. The van der Waals surface area contributed by atoms with E-state index in [4.69, 9.17) is 16.2 Å². The SMILES string of the molecule is COc1cc(CNC(=O)[C@@H]2CN(C(=O)O)CCN2C(=O)[C@H](N)CCCCNS(C)(=O)=O)ccc1CN. The lowest BCUT2D eigenvalue weighted by Gasteiger charge is -2.40. The number of nitrogens with two attached hydrogens (primary N) is 2. The van der Waals surface area contributed by atoms with Gasteiger partial charge in [0.1, 0.15) is 11.8 Å². The first kappa shape index (κ1) is 29.3. The average Bonchev–Trinajstić information content (AvgIpc) is 2.85. The first-order chi connectivity index (χ1) is 17.0. The van der Waals surface area contributed by atoms with Gasteiger partial charge < -0.3 is 36.4 Å². The molecule has 202 valence electrons. The zero-order valence-electron chi connectivity index (χ0n) is 20.6. The number of rotatable bonds is 12. The van der Waals surface area contributed by atoms with E-state index in [9.17, 15) is 27.9 Å². The molecule has 13 nitrogen and oxygen atoms in total. The molecule has 2 atom stereocenters. The second kappa shape index (κ2) is 13.4. The molecule has 0 aromatic heterocycles. The summed E-state index contributed by atoms with van der Waals surface area (Å²) in [4.78, 5) is 40.1. The molecule has 1 aliphatic rings. The molecule has 3 amide bonds. The number of carboxylic acid groups (broad SMARTS) is 1. The van der Waals surface area contributed by atoms with Gasteiger partial charge in [0.05, 0.1) is 26.0 Å². The Morgan fingerprint density at radius 2 is 1.97 bits per heavy atom. The van der Waals surface area contributed by atoms with Crippen LogP contribution in [0.5, 0.6) is 5.75 Å². The second-order valence-electron chi connectivity index (χ2n) is 8.61. The van der Waals surface area contributed by atoms with Gasteiger partial charge in [0.2, 0.25) is 21.8 Å². The molecule has 1 aromatic rings. The summed E-state index contributed by atoms with van der Waals surface area (Å²) < 4.78 is 29.9. The van der Waals surface area contributed by atoms with Crippen molar-refractivity contribution in [2.24, 2.45) is 11.5 Å². The summed E-state index contributed by atoms with van der Waals surface area (Å²) in [6.45, 7) is 0.602. The van der Waals surface area contributed by atoms with Crippen molar-refractivity contribution in [1.29, 1.82) is 0 Å². The number of sulfonamides is 1. The monoisotopic (exact) mass is 528 g/mol. The van der Waals surface area contributed by atoms with Crippen molar-refractivity contribution in [2.75, 3.05) is 39.5 Å². The fourth-order valence-electron chi connectivity index (χ4n) is 3.90. The Balaban J connectivity index is 2.03. The third-order valence-electron chi connectivity index (χ3n) is 5.90. The summed E-state index contributed by atoms with van der Waals surface area (Å²) in [5.41, 5.74) is 13.3. The number of ether oxygens (including phenoxy) is 1. The van der Waals surface area contributed by atoms with Gasteiger partial charge in [-0.15, -0.1) is 0 Å². The second-order valence-corrected chi connectivity index (χ2v) is 10.4. The number of hydrogen-bond donors (Lipinski definition) is 5. The highest BCUT2D eigenvalue weighted by Crippen LogP contribution is 2.20. The third-order valence-corrected chi connectivity index (χ3v) is 6.63. The number of nitrogens with zero attached hydrogens (tertiary/aromatic N) is 2. The van der Waals surface area contributed by atoms with E-state index < -0.39 is 40.0 Å². The zero-order chi connectivity index (χ0) is 26.9. The first-order valence-electron chi connectivity index (χ1n) is 11.6. The quantitative estimate of drug-likeness (QED) is 0.211. The zero-order valence-corrected chi connectivity index (χ0v) is 21.4. The van der Waals surface area contributed by atoms with Gasteiger partial charge in [-0.3, -0.25) is 9.59 Å². The van der Waals surface area contributed by atoms with Gasteiger partial charge in [-0.25, -0.2) is 17.9 Å². The number of nitrogens with one attached hydrogen (secondary N) is 2. The molecule has 0 radical (unpaired) electrons. The van der Waals surface area contributed by atoms with Crippen LogP contribution in [0.2, 0.25) is 0 Å². The van der Waals surface area contributed by atoms with E-state index in [0.717, 1.165) is 22.3 Å². The van der Waals surface area contributed by atoms with Crippen molar-refractivity contribution in [1.82, 2.24) is 19.8 Å². The van der Waals surface area contributed by atoms with E-state index in [0.29, 0.717) is 31.6 Å². The minimum Gasteiger partial charge on any atom is -0.496 e. The summed E-state index contributed by atoms with van der Waals surface area (Å²) in [5, 5.41) is 12.2. The van der Waals surface area contributed by atoms with Crippen molar-refractivity contribution < 1.29 is 32.6 Å². The summed E-state index contributed by atoms with van der Waals surface area (Å²) in [6, 6.07) is 3.42. The highest BCUT2D eigenvalue weighted by molar-refractivity contribution is 7.88. The van der Waals surface area contributed by atoms with E-state index >= 15 is 0 Å². The molecule has 1 aliphatic heterocycles. The molecule has 0 saturated carbocycles. The van der Waals surface area contributed by atoms with Crippen molar-refractivity contribution in [3.8, 4) is 5.75 Å². The Labute approximate surface area is 211 Å². The van der Waals surface area contributed by atoms with Gasteiger partial charge in [0, 0.05) is 38.3 Å². The molecule has 14 heteroatoms. The normalized spacial score (nSPS) is 16.9. The Bertz CT molecular complexity index is 1040. The Morgan fingerprint density at radius 3 is 2.58 bits per heavy atom. The molecule has 1 fully saturated rings. The Hall–Kier alpha value is -2.94. The molecule has 0 unspecified atom stereocenters. The predicted molar refractivity (Wildman–Crippen MR) is 133 cm³/mol. The van der Waals surface area contributed by atoms with Crippen molar-refractivity contribution >= 4 is 27.9 Å². The standard InChI is InChI=1S/C22H36N6O7S/c1-35-19-11-15(6-7-16(19)12-23)13-25-20(29)18-14-27(22(31)32)9-10-28(18)21(30)17(24)5-3-4-8-26-36(2,33)34/h6-7,11,17-18,26H,3-5,8-10,12-14,23-24H2,1-2H3,(H,25,29)(H,31,32)/t17-,18+/m1/s1. The molecule has 7 N–H and O–H groups in total. The number of methoxy groups -OCH3 is 1. The van der Waals surface area contributed by atoms with Crippen LogP contribution in [0, 0.1) is 0 Å². The molecule has 2 rings (SSSR count). The lowest BCUT2D eigenvalue weighted by atomic mass is 10.1. The molecule has 36 heavy (non-hydrogen) atoms. The van der Waals surface area contributed by atoms with Gasteiger partial charge in [-0.1, -0.05) is 18.6 Å². The number of carbonyl (C=O) groups is 3. The van der Waals surface area contributed by atoms with Gasteiger partial charge in [0.25, 0.3) is 0 Å². The van der Waals surface area contributed by atoms with Crippen LogP contribution < -0.4 is 26.2 Å². The highest BCUT2D eigenvalue weighted by Gasteiger charge is 2.38. The number of piperazine rings is 1. The molecule has 1 saturated heterocycles. The van der Waals surface area contributed by atoms with E-state index in [1.54, 1.807) is 18.2 Å². The van der Waals surface area contributed by atoms with E-state index in [-0.39, 0.29) is 32.7 Å². The Morgan fingerprint density at radius 1 is 1.25 bits per heavy atom. The van der Waals surface area contributed by atoms with Gasteiger partial charge >= 0.3 is 6.09 Å². The third kappa shape index (κ3) is 8.62. The minimum atomic E-state index is -3.29. The van der Waals surface area contributed by atoms with Crippen molar-refractivity contribution in [2.45, 2.75) is 44.4 Å². The smallest absolute Gasteiger partial charge is 0.407 e. The molecule has 1 heterocycles.